The molecule has 0 aliphatic rings. The number of nitrogens with two attached hydrogens (primary N) is 1. The lowest BCUT2D eigenvalue weighted by Crippen LogP contribution is -2.37. The molecule has 3 nitrogen and oxygen atoms in total. The zero-order valence-corrected chi connectivity index (χ0v) is 11.5. The third kappa shape index (κ3) is 5.98. The Hall–Kier alpha value is -1.13. The molecule has 0 fully saturated rings. The summed E-state index contributed by atoms with van der Waals surface area (Å²) in [4.78, 5) is 11.5. The molecule has 102 valence electrons. The molecular weight excluding hydrogens is 255 g/mol. The number of hydrogen-bond acceptors (Lipinski definition) is 2. The van der Waals surface area contributed by atoms with Crippen LogP contribution in [0.2, 0.25) is 0 Å². The van der Waals surface area contributed by atoms with Crippen LogP contribution < -0.4 is 11.1 Å². The molecule has 0 spiro atoms. The van der Waals surface area contributed by atoms with Gasteiger partial charge in [-0.2, -0.15) is 0 Å². The van der Waals surface area contributed by atoms with Crippen LogP contribution in [0.5, 0.6) is 0 Å². The molecule has 18 heavy (non-hydrogen) atoms. The Morgan fingerprint density at radius 3 is 2.56 bits per heavy atom. The van der Waals surface area contributed by atoms with Crippen LogP contribution in [0, 0.1) is 5.82 Å². The summed E-state index contributed by atoms with van der Waals surface area (Å²) in [6, 6.07) is 6.33. The van der Waals surface area contributed by atoms with E-state index in [4.69, 9.17) is 5.73 Å². The van der Waals surface area contributed by atoms with Crippen molar-refractivity contribution >= 4 is 18.3 Å². The maximum Gasteiger partial charge on any atom is 0.221 e. The Balaban J connectivity index is 0.00000289. The summed E-state index contributed by atoms with van der Waals surface area (Å²) in [7, 11) is 0. The van der Waals surface area contributed by atoms with Gasteiger partial charge in [-0.15, -0.1) is 12.4 Å². The van der Waals surface area contributed by atoms with Gasteiger partial charge in [-0.25, -0.2) is 4.39 Å². The van der Waals surface area contributed by atoms with Gasteiger partial charge in [0.05, 0.1) is 0 Å². The first-order chi connectivity index (χ1) is 7.99. The molecule has 3 N–H and O–H groups in total. The normalized spacial score (nSPS) is 13.3. The van der Waals surface area contributed by atoms with E-state index in [2.05, 4.69) is 5.32 Å². The highest BCUT2D eigenvalue weighted by Crippen LogP contribution is 2.09. The van der Waals surface area contributed by atoms with Crippen LogP contribution in [0.15, 0.2) is 24.3 Å². The first-order valence-electron chi connectivity index (χ1n) is 5.77. The first-order valence-corrected chi connectivity index (χ1v) is 5.77. The number of benzene rings is 1. The van der Waals surface area contributed by atoms with E-state index in [1.165, 1.54) is 6.07 Å². The van der Waals surface area contributed by atoms with E-state index in [1.807, 2.05) is 6.92 Å². The van der Waals surface area contributed by atoms with Gasteiger partial charge in [0.25, 0.3) is 0 Å². The molecule has 0 heterocycles. The molecule has 0 aromatic heterocycles. The maximum absolute atomic E-state index is 13.4. The summed E-state index contributed by atoms with van der Waals surface area (Å²) in [5, 5.41) is 2.80. The third-order valence-electron chi connectivity index (χ3n) is 2.40. The van der Waals surface area contributed by atoms with E-state index in [1.54, 1.807) is 25.1 Å². The predicted octanol–water partition coefficient (Wildman–Crippen LogP) is 2.03. The zero-order valence-electron chi connectivity index (χ0n) is 10.7. The minimum Gasteiger partial charge on any atom is -0.353 e. The first kappa shape index (κ1) is 16.9. The van der Waals surface area contributed by atoms with E-state index in [-0.39, 0.29) is 36.2 Å². The van der Waals surface area contributed by atoms with Crippen molar-refractivity contribution in [2.75, 3.05) is 0 Å². The standard InChI is InChI=1S/C13H19FN2O.ClH/c1-9(15)7-13(17)16-10(2)8-11-5-3-4-6-12(11)14;/h3-6,9-10H,7-8,15H2,1-2H3,(H,16,17);1H. The molecule has 1 amide bonds. The SMILES string of the molecule is CC(N)CC(=O)NC(C)Cc1ccccc1F.Cl. The summed E-state index contributed by atoms with van der Waals surface area (Å²) in [5.74, 6) is -0.329. The fourth-order valence-electron chi connectivity index (χ4n) is 1.67. The van der Waals surface area contributed by atoms with E-state index in [0.717, 1.165) is 0 Å². The average Bonchev–Trinajstić information content (AvgIpc) is 2.19. The maximum atomic E-state index is 13.4. The van der Waals surface area contributed by atoms with Gasteiger partial charge in [0.1, 0.15) is 5.82 Å². The van der Waals surface area contributed by atoms with Crippen molar-refractivity contribution in [3.05, 3.63) is 35.6 Å². The second kappa shape index (κ2) is 8.06. The summed E-state index contributed by atoms with van der Waals surface area (Å²) in [6.07, 6.45) is 0.777. The van der Waals surface area contributed by atoms with E-state index >= 15 is 0 Å². The van der Waals surface area contributed by atoms with Gasteiger partial charge in [-0.3, -0.25) is 4.79 Å². The van der Waals surface area contributed by atoms with Gasteiger partial charge in [0, 0.05) is 18.5 Å². The number of carbonyl (C=O) groups is 1. The Bertz CT molecular complexity index is 385. The van der Waals surface area contributed by atoms with Crippen molar-refractivity contribution in [1.82, 2.24) is 5.32 Å². The Kier molecular flexibility index (Phi) is 7.55. The van der Waals surface area contributed by atoms with Crippen LogP contribution >= 0.6 is 12.4 Å². The Morgan fingerprint density at radius 1 is 1.39 bits per heavy atom. The van der Waals surface area contributed by atoms with Crippen LogP contribution in [-0.4, -0.2) is 18.0 Å². The topological polar surface area (TPSA) is 55.1 Å². The lowest BCUT2D eigenvalue weighted by atomic mass is 10.1. The lowest BCUT2D eigenvalue weighted by Gasteiger charge is -2.15. The fraction of sp³-hybridized carbons (Fsp3) is 0.462. The molecule has 1 aromatic carbocycles. The van der Waals surface area contributed by atoms with Crippen LogP contribution in [0.1, 0.15) is 25.8 Å². The molecule has 0 aliphatic heterocycles. The van der Waals surface area contributed by atoms with Gasteiger partial charge < -0.3 is 11.1 Å². The van der Waals surface area contributed by atoms with Crippen molar-refractivity contribution in [2.45, 2.75) is 38.8 Å². The third-order valence-corrected chi connectivity index (χ3v) is 2.40. The number of nitrogens with one attached hydrogen (secondary N) is 1. The largest absolute Gasteiger partial charge is 0.353 e. The molecule has 0 aliphatic carbocycles. The number of hydrogen-bond donors (Lipinski definition) is 2. The quantitative estimate of drug-likeness (QED) is 0.863. The molecule has 2 unspecified atom stereocenters. The van der Waals surface area contributed by atoms with Gasteiger partial charge >= 0.3 is 0 Å². The second-order valence-corrected chi connectivity index (χ2v) is 4.45. The highest BCUT2D eigenvalue weighted by atomic mass is 35.5. The number of carbonyl (C=O) groups excluding carboxylic acids is 1. The smallest absolute Gasteiger partial charge is 0.221 e. The molecule has 0 radical (unpaired) electrons. The van der Waals surface area contributed by atoms with Crippen molar-refractivity contribution in [2.24, 2.45) is 5.73 Å². The van der Waals surface area contributed by atoms with Crippen molar-refractivity contribution in [1.29, 1.82) is 0 Å². The highest BCUT2D eigenvalue weighted by Gasteiger charge is 2.11. The van der Waals surface area contributed by atoms with E-state index in [0.29, 0.717) is 18.4 Å². The summed E-state index contributed by atoms with van der Waals surface area (Å²) < 4.78 is 13.4. The Morgan fingerprint density at radius 2 is 2.00 bits per heavy atom. The average molecular weight is 275 g/mol. The van der Waals surface area contributed by atoms with Crippen LogP contribution in [0.4, 0.5) is 4.39 Å². The predicted molar refractivity (Wildman–Crippen MR) is 73.2 cm³/mol. The number of amides is 1. The molecule has 0 saturated heterocycles. The van der Waals surface area contributed by atoms with Crippen molar-refractivity contribution in [3.63, 3.8) is 0 Å². The lowest BCUT2D eigenvalue weighted by molar-refractivity contribution is -0.121. The number of halogens is 2. The number of rotatable bonds is 5. The van der Waals surface area contributed by atoms with E-state index < -0.39 is 0 Å². The fourth-order valence-corrected chi connectivity index (χ4v) is 1.67. The highest BCUT2D eigenvalue weighted by molar-refractivity contribution is 5.85. The van der Waals surface area contributed by atoms with Crippen molar-refractivity contribution < 1.29 is 9.18 Å². The summed E-state index contributed by atoms with van der Waals surface area (Å²) in [6.45, 7) is 3.63. The molecule has 0 bridgehead atoms. The molecule has 1 rings (SSSR count). The zero-order chi connectivity index (χ0) is 12.8. The molecule has 5 heteroatoms. The van der Waals surface area contributed by atoms with Crippen LogP contribution in [0.3, 0.4) is 0 Å². The molecule has 0 saturated carbocycles. The van der Waals surface area contributed by atoms with Crippen LogP contribution in [0.25, 0.3) is 0 Å². The van der Waals surface area contributed by atoms with Gasteiger partial charge in [0.15, 0.2) is 0 Å². The molecule has 1 aromatic rings. The Labute approximate surface area is 113 Å². The van der Waals surface area contributed by atoms with Gasteiger partial charge in [-0.1, -0.05) is 18.2 Å². The summed E-state index contributed by atoms with van der Waals surface area (Å²) >= 11 is 0. The monoisotopic (exact) mass is 274 g/mol. The second-order valence-electron chi connectivity index (χ2n) is 4.45. The van der Waals surface area contributed by atoms with Crippen molar-refractivity contribution in [3.8, 4) is 0 Å². The van der Waals surface area contributed by atoms with Crippen LogP contribution in [-0.2, 0) is 11.2 Å². The van der Waals surface area contributed by atoms with E-state index in [9.17, 15) is 9.18 Å². The van der Waals surface area contributed by atoms with Gasteiger partial charge in [-0.05, 0) is 31.9 Å². The minimum atomic E-state index is -0.235. The van der Waals surface area contributed by atoms with Gasteiger partial charge in [0.2, 0.25) is 5.91 Å². The molecular formula is C13H20ClFN2O. The molecule has 2 atom stereocenters. The minimum absolute atomic E-state index is 0. The summed E-state index contributed by atoms with van der Waals surface area (Å²) in [5.41, 5.74) is 6.14.